The Morgan fingerprint density at radius 3 is 2.60 bits per heavy atom. The highest BCUT2D eigenvalue weighted by atomic mass is 35.5. The second kappa shape index (κ2) is 6.21. The van der Waals surface area contributed by atoms with Gasteiger partial charge in [0.25, 0.3) is 0 Å². The number of aryl methyl sites for hydroxylation is 1. The monoisotopic (exact) mass is 303 g/mol. The highest BCUT2D eigenvalue weighted by Gasteiger charge is 2.20. The lowest BCUT2D eigenvalue weighted by atomic mass is 10.2. The third-order valence-electron chi connectivity index (χ3n) is 3.44. The van der Waals surface area contributed by atoms with Gasteiger partial charge in [-0.25, -0.2) is 0 Å². The van der Waals surface area contributed by atoms with Crippen LogP contribution in [0.5, 0.6) is 0 Å². The van der Waals surface area contributed by atoms with Crippen molar-refractivity contribution in [2.24, 2.45) is 0 Å². The summed E-state index contributed by atoms with van der Waals surface area (Å²) in [4.78, 5) is 2.50. The van der Waals surface area contributed by atoms with Gasteiger partial charge in [-0.05, 0) is 49.6 Å². The Balaban J connectivity index is 1.78. The summed E-state index contributed by atoms with van der Waals surface area (Å²) >= 11 is 7.93. The zero-order valence-corrected chi connectivity index (χ0v) is 13.1. The van der Waals surface area contributed by atoms with Crippen molar-refractivity contribution in [3.63, 3.8) is 0 Å². The average Bonchev–Trinajstić information content (AvgIpc) is 3.25. The van der Waals surface area contributed by atoms with Crippen LogP contribution in [0.15, 0.2) is 52.3 Å². The minimum Gasteiger partial charge on any atom is -0.310 e. The van der Waals surface area contributed by atoms with Crippen LogP contribution in [0.1, 0.15) is 24.0 Å². The standard InChI is InChI=1S/C17H18ClNS/c1-12-2-8-16(9-3-12)20-17-10-14(18)5-4-13(17)11-19-15-6-7-15/h2-5,8-10,15,19H,6-7,11H2,1H3. The largest absolute Gasteiger partial charge is 0.310 e. The third kappa shape index (κ3) is 3.78. The van der Waals surface area contributed by atoms with E-state index in [0.29, 0.717) is 0 Å². The first-order chi connectivity index (χ1) is 9.70. The van der Waals surface area contributed by atoms with Gasteiger partial charge in [-0.2, -0.15) is 0 Å². The van der Waals surface area contributed by atoms with Crippen LogP contribution in [0, 0.1) is 6.92 Å². The summed E-state index contributed by atoms with van der Waals surface area (Å²) < 4.78 is 0. The molecule has 0 saturated heterocycles. The Kier molecular flexibility index (Phi) is 4.35. The molecular weight excluding hydrogens is 286 g/mol. The van der Waals surface area contributed by atoms with Crippen LogP contribution >= 0.6 is 23.4 Å². The van der Waals surface area contributed by atoms with Crippen LogP contribution in [0.3, 0.4) is 0 Å². The van der Waals surface area contributed by atoms with E-state index in [2.05, 4.69) is 48.6 Å². The molecule has 0 aromatic heterocycles. The van der Waals surface area contributed by atoms with Crippen LogP contribution in [0.4, 0.5) is 0 Å². The first-order valence-corrected chi connectivity index (χ1v) is 8.16. The van der Waals surface area contributed by atoms with E-state index >= 15 is 0 Å². The van der Waals surface area contributed by atoms with E-state index in [1.54, 1.807) is 11.8 Å². The minimum absolute atomic E-state index is 0.725. The maximum atomic E-state index is 6.15. The lowest BCUT2D eigenvalue weighted by molar-refractivity contribution is 0.680. The average molecular weight is 304 g/mol. The molecule has 2 aromatic carbocycles. The highest BCUT2D eigenvalue weighted by Crippen LogP contribution is 2.33. The molecule has 1 saturated carbocycles. The number of halogens is 1. The smallest absolute Gasteiger partial charge is 0.0417 e. The quantitative estimate of drug-likeness (QED) is 0.829. The van der Waals surface area contributed by atoms with Crippen molar-refractivity contribution in [3.8, 4) is 0 Å². The number of hydrogen-bond acceptors (Lipinski definition) is 2. The summed E-state index contributed by atoms with van der Waals surface area (Å²) in [6.07, 6.45) is 2.63. The molecule has 3 rings (SSSR count). The molecule has 0 heterocycles. The second-order valence-corrected chi connectivity index (χ2v) is 6.87. The van der Waals surface area contributed by atoms with E-state index in [1.807, 2.05) is 6.07 Å². The van der Waals surface area contributed by atoms with Gasteiger partial charge < -0.3 is 5.32 Å². The molecule has 0 spiro atoms. The molecule has 2 aromatic rings. The zero-order valence-electron chi connectivity index (χ0n) is 11.5. The van der Waals surface area contributed by atoms with Crippen LogP contribution < -0.4 is 5.32 Å². The number of nitrogens with one attached hydrogen (secondary N) is 1. The molecule has 0 bridgehead atoms. The molecule has 0 amide bonds. The van der Waals surface area contributed by atoms with Gasteiger partial charge in [0.05, 0.1) is 0 Å². The fourth-order valence-corrected chi connectivity index (χ4v) is 3.26. The maximum Gasteiger partial charge on any atom is 0.0417 e. The predicted molar refractivity (Wildman–Crippen MR) is 86.6 cm³/mol. The fourth-order valence-electron chi connectivity index (χ4n) is 2.04. The molecule has 1 aliphatic carbocycles. The summed E-state index contributed by atoms with van der Waals surface area (Å²) in [6, 6.07) is 15.5. The van der Waals surface area contributed by atoms with Gasteiger partial charge in [0.15, 0.2) is 0 Å². The lowest BCUT2D eigenvalue weighted by Gasteiger charge is -2.11. The number of benzene rings is 2. The van der Waals surface area contributed by atoms with E-state index < -0.39 is 0 Å². The molecule has 1 N–H and O–H groups in total. The van der Waals surface area contributed by atoms with Gasteiger partial charge >= 0.3 is 0 Å². The molecule has 1 fully saturated rings. The van der Waals surface area contributed by atoms with Crippen LogP contribution in [0.25, 0.3) is 0 Å². The van der Waals surface area contributed by atoms with Crippen molar-refractivity contribution in [1.29, 1.82) is 0 Å². The van der Waals surface area contributed by atoms with E-state index in [1.165, 1.54) is 33.8 Å². The minimum atomic E-state index is 0.725. The first-order valence-electron chi connectivity index (χ1n) is 6.97. The van der Waals surface area contributed by atoms with Crippen LogP contribution in [-0.4, -0.2) is 6.04 Å². The Morgan fingerprint density at radius 1 is 1.15 bits per heavy atom. The zero-order chi connectivity index (χ0) is 13.9. The summed E-state index contributed by atoms with van der Waals surface area (Å²) in [5.74, 6) is 0. The maximum absolute atomic E-state index is 6.15. The van der Waals surface area contributed by atoms with Crippen molar-refractivity contribution in [3.05, 3.63) is 58.6 Å². The first kappa shape index (κ1) is 14.0. The summed E-state index contributed by atoms with van der Waals surface area (Å²) in [5.41, 5.74) is 2.61. The van der Waals surface area contributed by atoms with Crippen molar-refractivity contribution >= 4 is 23.4 Å². The predicted octanol–water partition coefficient (Wildman–Crippen LogP) is 5.05. The molecule has 0 atom stereocenters. The van der Waals surface area contributed by atoms with E-state index in [4.69, 9.17) is 11.6 Å². The van der Waals surface area contributed by atoms with Crippen molar-refractivity contribution in [1.82, 2.24) is 5.32 Å². The Labute approximate surface area is 129 Å². The Hall–Kier alpha value is -0.960. The molecule has 3 heteroatoms. The SMILES string of the molecule is Cc1ccc(Sc2cc(Cl)ccc2CNC2CC2)cc1. The summed E-state index contributed by atoms with van der Waals surface area (Å²) in [6.45, 7) is 3.04. The van der Waals surface area contributed by atoms with Gasteiger partial charge in [-0.1, -0.05) is 47.1 Å². The van der Waals surface area contributed by atoms with Crippen molar-refractivity contribution < 1.29 is 0 Å². The van der Waals surface area contributed by atoms with Gasteiger partial charge in [-0.3, -0.25) is 0 Å². The molecule has 104 valence electrons. The molecule has 0 unspecified atom stereocenters. The molecule has 1 nitrogen and oxygen atoms in total. The van der Waals surface area contributed by atoms with Gasteiger partial charge in [-0.15, -0.1) is 0 Å². The number of rotatable bonds is 5. The topological polar surface area (TPSA) is 12.0 Å². The van der Waals surface area contributed by atoms with Gasteiger partial charge in [0.1, 0.15) is 0 Å². The second-order valence-electron chi connectivity index (χ2n) is 5.32. The fraction of sp³-hybridized carbons (Fsp3) is 0.294. The normalized spacial score (nSPS) is 14.5. The van der Waals surface area contributed by atoms with Crippen LogP contribution in [0.2, 0.25) is 5.02 Å². The molecule has 0 radical (unpaired) electrons. The molecule has 0 aliphatic heterocycles. The number of hydrogen-bond donors (Lipinski definition) is 1. The van der Waals surface area contributed by atoms with E-state index in [-0.39, 0.29) is 0 Å². The van der Waals surface area contributed by atoms with E-state index in [0.717, 1.165) is 17.6 Å². The summed E-state index contributed by atoms with van der Waals surface area (Å²) in [5, 5.41) is 4.37. The molecule has 20 heavy (non-hydrogen) atoms. The Bertz CT molecular complexity index is 590. The Morgan fingerprint density at radius 2 is 1.90 bits per heavy atom. The van der Waals surface area contributed by atoms with Crippen LogP contribution in [-0.2, 0) is 6.54 Å². The van der Waals surface area contributed by atoms with Gasteiger partial charge in [0, 0.05) is 27.4 Å². The third-order valence-corrected chi connectivity index (χ3v) is 4.78. The van der Waals surface area contributed by atoms with Crippen molar-refractivity contribution in [2.75, 3.05) is 0 Å². The lowest BCUT2D eigenvalue weighted by Crippen LogP contribution is -2.15. The summed E-state index contributed by atoms with van der Waals surface area (Å²) in [7, 11) is 0. The van der Waals surface area contributed by atoms with Gasteiger partial charge in [0.2, 0.25) is 0 Å². The van der Waals surface area contributed by atoms with E-state index in [9.17, 15) is 0 Å². The van der Waals surface area contributed by atoms with Crippen molar-refractivity contribution in [2.45, 2.75) is 42.1 Å². The highest BCUT2D eigenvalue weighted by molar-refractivity contribution is 7.99. The molecular formula is C17H18ClNS. The molecule has 1 aliphatic rings.